The van der Waals surface area contributed by atoms with Crippen LogP contribution in [0.25, 0.3) is 0 Å². The first kappa shape index (κ1) is 23.1. The van der Waals surface area contributed by atoms with Gasteiger partial charge in [-0.2, -0.15) is 0 Å². The standard InChI is InChI=1S/C18H23ClN2O7S/c1-27-18(24)13-6-9-21(10-7-13)16(22)12-28-17(23)5-8-20-29(25,26)15-4-2-3-14(19)11-15/h2-4,11,13,20H,5-10,12H2,1H3. The number of hydrogen-bond acceptors (Lipinski definition) is 7. The fourth-order valence-corrected chi connectivity index (χ4v) is 4.17. The van der Waals surface area contributed by atoms with E-state index in [9.17, 15) is 22.8 Å². The Labute approximate surface area is 174 Å². The molecule has 11 heteroatoms. The largest absolute Gasteiger partial charge is 0.469 e. The van der Waals surface area contributed by atoms with Crippen molar-refractivity contribution < 1.29 is 32.3 Å². The fraction of sp³-hybridized carbons (Fsp3) is 0.500. The van der Waals surface area contributed by atoms with Crippen molar-refractivity contribution in [3.63, 3.8) is 0 Å². The predicted octanol–water partition coefficient (Wildman–Crippen LogP) is 0.963. The molecule has 0 aliphatic carbocycles. The van der Waals surface area contributed by atoms with Gasteiger partial charge in [0.2, 0.25) is 10.0 Å². The molecular formula is C18H23ClN2O7S. The minimum atomic E-state index is -3.80. The highest BCUT2D eigenvalue weighted by Crippen LogP contribution is 2.18. The van der Waals surface area contributed by atoms with E-state index < -0.39 is 22.6 Å². The Morgan fingerprint density at radius 3 is 2.55 bits per heavy atom. The van der Waals surface area contributed by atoms with E-state index in [-0.39, 0.29) is 40.7 Å². The summed E-state index contributed by atoms with van der Waals surface area (Å²) in [5.41, 5.74) is 0. The van der Waals surface area contributed by atoms with Gasteiger partial charge >= 0.3 is 11.9 Å². The molecule has 1 aliphatic rings. The Morgan fingerprint density at radius 1 is 1.24 bits per heavy atom. The van der Waals surface area contributed by atoms with Crippen molar-refractivity contribution in [3.05, 3.63) is 29.3 Å². The number of likely N-dealkylation sites (tertiary alicyclic amines) is 1. The molecule has 9 nitrogen and oxygen atoms in total. The normalized spacial score (nSPS) is 15.0. The van der Waals surface area contributed by atoms with Crippen LogP contribution in [0.4, 0.5) is 0 Å². The fourth-order valence-electron chi connectivity index (χ4n) is 2.84. The number of benzene rings is 1. The molecule has 1 aromatic rings. The van der Waals surface area contributed by atoms with Gasteiger partial charge in [-0.3, -0.25) is 14.4 Å². The average molecular weight is 447 g/mol. The molecular weight excluding hydrogens is 424 g/mol. The number of carbonyl (C=O) groups excluding carboxylic acids is 3. The van der Waals surface area contributed by atoms with Gasteiger partial charge in [0.1, 0.15) is 0 Å². The van der Waals surface area contributed by atoms with Crippen molar-refractivity contribution >= 4 is 39.5 Å². The molecule has 1 N–H and O–H groups in total. The van der Waals surface area contributed by atoms with Gasteiger partial charge in [-0.1, -0.05) is 17.7 Å². The van der Waals surface area contributed by atoms with Crippen molar-refractivity contribution in [2.45, 2.75) is 24.2 Å². The van der Waals surface area contributed by atoms with Crippen LogP contribution < -0.4 is 4.72 Å². The first-order valence-electron chi connectivity index (χ1n) is 8.99. The lowest BCUT2D eigenvalue weighted by atomic mass is 9.97. The number of sulfonamides is 1. The molecule has 0 unspecified atom stereocenters. The summed E-state index contributed by atoms with van der Waals surface area (Å²) in [7, 11) is -2.47. The molecule has 2 rings (SSSR count). The number of piperidine rings is 1. The molecule has 0 radical (unpaired) electrons. The predicted molar refractivity (Wildman–Crippen MR) is 104 cm³/mol. The highest BCUT2D eigenvalue weighted by molar-refractivity contribution is 7.89. The third kappa shape index (κ3) is 6.98. The number of methoxy groups -OCH3 is 1. The first-order valence-corrected chi connectivity index (χ1v) is 10.9. The van der Waals surface area contributed by atoms with Crippen molar-refractivity contribution in [2.24, 2.45) is 5.92 Å². The number of ether oxygens (including phenoxy) is 2. The van der Waals surface area contributed by atoms with Crippen LogP contribution >= 0.6 is 11.6 Å². The van der Waals surface area contributed by atoms with E-state index in [2.05, 4.69) is 4.72 Å². The minimum Gasteiger partial charge on any atom is -0.469 e. The summed E-state index contributed by atoms with van der Waals surface area (Å²) in [4.78, 5) is 36.9. The lowest BCUT2D eigenvalue weighted by Gasteiger charge is -2.30. The summed E-state index contributed by atoms with van der Waals surface area (Å²) in [6, 6.07) is 5.73. The smallest absolute Gasteiger partial charge is 0.308 e. The molecule has 1 aliphatic heterocycles. The van der Waals surface area contributed by atoms with E-state index in [0.717, 1.165) is 0 Å². The summed E-state index contributed by atoms with van der Waals surface area (Å²) in [5.74, 6) is -1.57. The van der Waals surface area contributed by atoms with Gasteiger partial charge in [-0.25, -0.2) is 13.1 Å². The molecule has 1 heterocycles. The Balaban J connectivity index is 1.69. The molecule has 29 heavy (non-hydrogen) atoms. The third-order valence-electron chi connectivity index (χ3n) is 4.47. The highest BCUT2D eigenvalue weighted by atomic mass is 35.5. The molecule has 160 valence electrons. The van der Waals surface area contributed by atoms with Crippen molar-refractivity contribution in [1.82, 2.24) is 9.62 Å². The number of carbonyl (C=O) groups is 3. The molecule has 0 aromatic heterocycles. The second kappa shape index (κ2) is 10.6. The van der Waals surface area contributed by atoms with Gasteiger partial charge in [0.05, 0.1) is 24.3 Å². The lowest BCUT2D eigenvalue weighted by molar-refractivity contribution is -0.154. The van der Waals surface area contributed by atoms with E-state index in [1.54, 1.807) is 6.07 Å². The number of hydrogen-bond donors (Lipinski definition) is 1. The van der Waals surface area contributed by atoms with Crippen LogP contribution in [-0.4, -0.2) is 64.5 Å². The van der Waals surface area contributed by atoms with Gasteiger partial charge in [0.15, 0.2) is 6.61 Å². The Kier molecular flexibility index (Phi) is 8.42. The monoisotopic (exact) mass is 446 g/mol. The lowest BCUT2D eigenvalue weighted by Crippen LogP contribution is -2.42. The van der Waals surface area contributed by atoms with Gasteiger partial charge in [0, 0.05) is 24.7 Å². The van der Waals surface area contributed by atoms with Crippen LogP contribution in [0.15, 0.2) is 29.2 Å². The molecule has 1 amide bonds. The summed E-state index contributed by atoms with van der Waals surface area (Å²) in [6.07, 6.45) is 0.771. The van der Waals surface area contributed by atoms with Crippen LogP contribution in [0.2, 0.25) is 5.02 Å². The molecule has 0 bridgehead atoms. The van der Waals surface area contributed by atoms with Crippen LogP contribution in [0, 0.1) is 5.92 Å². The van der Waals surface area contributed by atoms with Gasteiger partial charge in [-0.05, 0) is 31.0 Å². The molecule has 0 spiro atoms. The Morgan fingerprint density at radius 2 is 1.93 bits per heavy atom. The van der Waals surface area contributed by atoms with E-state index in [1.165, 1.54) is 30.2 Å². The molecule has 1 saturated heterocycles. The second-order valence-electron chi connectivity index (χ2n) is 6.44. The number of rotatable bonds is 8. The Bertz CT molecular complexity index is 852. The van der Waals surface area contributed by atoms with E-state index in [4.69, 9.17) is 21.1 Å². The number of esters is 2. The minimum absolute atomic E-state index is 0.0103. The van der Waals surface area contributed by atoms with Gasteiger partial charge < -0.3 is 14.4 Å². The van der Waals surface area contributed by atoms with Crippen LogP contribution in [-0.2, 0) is 33.9 Å². The maximum atomic E-state index is 12.1. The zero-order valence-corrected chi connectivity index (χ0v) is 17.5. The maximum absolute atomic E-state index is 12.1. The third-order valence-corrected chi connectivity index (χ3v) is 6.16. The zero-order chi connectivity index (χ0) is 21.4. The van der Waals surface area contributed by atoms with E-state index >= 15 is 0 Å². The second-order valence-corrected chi connectivity index (χ2v) is 8.65. The van der Waals surface area contributed by atoms with Crippen molar-refractivity contribution in [3.8, 4) is 0 Å². The summed E-state index contributed by atoms with van der Waals surface area (Å²) in [5, 5.41) is 0.279. The number of nitrogens with zero attached hydrogens (tertiary/aromatic N) is 1. The Hall–Kier alpha value is -2.17. The number of halogens is 1. The molecule has 0 atom stereocenters. The number of amides is 1. The van der Waals surface area contributed by atoms with Crippen LogP contribution in [0.1, 0.15) is 19.3 Å². The van der Waals surface area contributed by atoms with Crippen LogP contribution in [0.5, 0.6) is 0 Å². The van der Waals surface area contributed by atoms with E-state index in [0.29, 0.717) is 25.9 Å². The topological polar surface area (TPSA) is 119 Å². The van der Waals surface area contributed by atoms with Crippen molar-refractivity contribution in [2.75, 3.05) is 33.4 Å². The summed E-state index contributed by atoms with van der Waals surface area (Å²) < 4.78 is 36.1. The molecule has 0 saturated carbocycles. The quantitative estimate of drug-likeness (QED) is 0.590. The SMILES string of the molecule is COC(=O)C1CCN(C(=O)COC(=O)CCNS(=O)(=O)c2cccc(Cl)c2)CC1. The highest BCUT2D eigenvalue weighted by Gasteiger charge is 2.28. The molecule has 1 aromatic carbocycles. The zero-order valence-electron chi connectivity index (χ0n) is 15.9. The summed E-state index contributed by atoms with van der Waals surface area (Å²) >= 11 is 5.78. The summed E-state index contributed by atoms with van der Waals surface area (Å²) in [6.45, 7) is 0.167. The average Bonchev–Trinajstić information content (AvgIpc) is 2.71. The van der Waals surface area contributed by atoms with Crippen molar-refractivity contribution in [1.29, 1.82) is 0 Å². The first-order chi connectivity index (χ1) is 13.7. The maximum Gasteiger partial charge on any atom is 0.308 e. The molecule has 1 fully saturated rings. The van der Waals surface area contributed by atoms with Gasteiger partial charge in [0.25, 0.3) is 5.91 Å². The van der Waals surface area contributed by atoms with E-state index in [1.807, 2.05) is 0 Å². The number of nitrogens with one attached hydrogen (secondary N) is 1. The van der Waals surface area contributed by atoms with Crippen LogP contribution in [0.3, 0.4) is 0 Å². The van der Waals surface area contributed by atoms with Gasteiger partial charge in [-0.15, -0.1) is 0 Å².